The summed E-state index contributed by atoms with van der Waals surface area (Å²) in [5.41, 5.74) is -0.286. The molecule has 4 nitrogen and oxygen atoms in total. The monoisotopic (exact) mass is 286 g/mol. The summed E-state index contributed by atoms with van der Waals surface area (Å²) in [5.74, 6) is 0. The third-order valence-electron chi connectivity index (χ3n) is 4.04. The molecule has 0 radical (unpaired) electrons. The van der Waals surface area contributed by atoms with Gasteiger partial charge in [0.05, 0.1) is 11.5 Å². The van der Waals surface area contributed by atoms with Crippen LogP contribution < -0.4 is 0 Å². The van der Waals surface area contributed by atoms with Crippen LogP contribution in [0.3, 0.4) is 0 Å². The lowest BCUT2D eigenvalue weighted by atomic mass is 9.75. The summed E-state index contributed by atoms with van der Waals surface area (Å²) in [6.45, 7) is 7.02. The van der Waals surface area contributed by atoms with Gasteiger partial charge in [-0.25, -0.2) is 4.79 Å². The molecule has 1 amide bonds. The molecule has 1 aliphatic rings. The summed E-state index contributed by atoms with van der Waals surface area (Å²) >= 11 is 0. The van der Waals surface area contributed by atoms with Crippen LogP contribution in [0.15, 0.2) is 30.3 Å². The van der Waals surface area contributed by atoms with Gasteiger partial charge in [0, 0.05) is 25.9 Å². The zero-order chi connectivity index (χ0) is 15.5. The van der Waals surface area contributed by atoms with E-state index in [0.717, 1.165) is 5.56 Å². The summed E-state index contributed by atoms with van der Waals surface area (Å²) in [4.78, 5) is 13.9. The molecular weight excluding hydrogens is 264 g/mol. The smallest absolute Gasteiger partial charge is 0.410 e. The van der Waals surface area contributed by atoms with Crippen molar-refractivity contribution < 1.29 is 9.53 Å². The number of amides is 1. The zero-order valence-corrected chi connectivity index (χ0v) is 12.9. The zero-order valence-electron chi connectivity index (χ0n) is 12.9. The van der Waals surface area contributed by atoms with Gasteiger partial charge in [-0.1, -0.05) is 30.3 Å². The van der Waals surface area contributed by atoms with E-state index in [2.05, 4.69) is 6.07 Å². The Labute approximate surface area is 126 Å². The normalized spacial score (nSPS) is 22.6. The van der Waals surface area contributed by atoms with Crippen LogP contribution in [0, 0.1) is 16.7 Å². The number of carbonyl (C=O) groups excluding carboxylic acids is 1. The summed E-state index contributed by atoms with van der Waals surface area (Å²) < 4.78 is 5.84. The maximum absolute atomic E-state index is 12.2. The van der Waals surface area contributed by atoms with E-state index in [9.17, 15) is 10.1 Å². The van der Waals surface area contributed by atoms with Crippen molar-refractivity contribution >= 4 is 6.09 Å². The Morgan fingerprint density at radius 3 is 2.57 bits per heavy atom. The van der Waals surface area contributed by atoms with Crippen molar-refractivity contribution in [3.63, 3.8) is 0 Å². The van der Waals surface area contributed by atoms with E-state index >= 15 is 0 Å². The minimum absolute atomic E-state index is 0.290. The molecule has 4 heteroatoms. The summed E-state index contributed by atoms with van der Waals surface area (Å²) in [5, 5.41) is 9.35. The van der Waals surface area contributed by atoms with Crippen molar-refractivity contribution in [2.45, 2.75) is 39.2 Å². The molecule has 1 atom stereocenters. The first-order valence-electron chi connectivity index (χ1n) is 7.37. The fraction of sp³-hybridized carbons (Fsp3) is 0.529. The van der Waals surface area contributed by atoms with Gasteiger partial charge < -0.3 is 9.64 Å². The Hall–Kier alpha value is -2.02. The minimum atomic E-state index is -0.705. The van der Waals surface area contributed by atoms with Crippen LogP contribution in [0.1, 0.15) is 39.2 Å². The molecule has 1 unspecified atom stereocenters. The number of benzene rings is 1. The van der Waals surface area contributed by atoms with Gasteiger partial charge in [-0.05, 0) is 26.3 Å². The van der Waals surface area contributed by atoms with E-state index in [1.807, 2.05) is 51.1 Å². The van der Waals surface area contributed by atoms with Crippen LogP contribution in [-0.2, 0) is 10.3 Å². The number of carbonyl (C=O) groups is 1. The summed E-state index contributed by atoms with van der Waals surface area (Å²) in [6, 6.07) is 12.1. The molecular formula is C17H22N2O2. The van der Waals surface area contributed by atoms with Crippen LogP contribution in [0.2, 0.25) is 0 Å². The van der Waals surface area contributed by atoms with E-state index in [1.54, 1.807) is 4.90 Å². The molecule has 1 aromatic rings. The van der Waals surface area contributed by atoms with E-state index in [4.69, 9.17) is 4.74 Å². The Balaban J connectivity index is 2.37. The maximum Gasteiger partial charge on any atom is 0.410 e. The molecule has 0 aliphatic carbocycles. The molecule has 0 spiro atoms. The first-order valence-corrected chi connectivity index (χ1v) is 7.37. The third kappa shape index (κ3) is 3.18. The highest BCUT2D eigenvalue weighted by atomic mass is 16.6. The summed E-state index contributed by atoms with van der Waals surface area (Å²) in [7, 11) is 0. The SMILES string of the molecule is CCN1CCC(CC(C)(C)C#N)(c2ccccc2)OC1=O. The molecule has 1 heterocycles. The molecule has 21 heavy (non-hydrogen) atoms. The molecule has 0 saturated carbocycles. The molecule has 0 N–H and O–H groups in total. The van der Waals surface area contributed by atoms with Gasteiger partial charge in [0.25, 0.3) is 0 Å². The second-order valence-electron chi connectivity index (χ2n) is 6.23. The van der Waals surface area contributed by atoms with Gasteiger partial charge in [-0.3, -0.25) is 0 Å². The predicted octanol–water partition coefficient (Wildman–Crippen LogP) is 3.68. The van der Waals surface area contributed by atoms with Crippen molar-refractivity contribution in [2.24, 2.45) is 5.41 Å². The lowest BCUT2D eigenvalue weighted by Gasteiger charge is -2.43. The number of hydrogen-bond acceptors (Lipinski definition) is 3. The van der Waals surface area contributed by atoms with Gasteiger partial charge in [0.1, 0.15) is 5.60 Å². The topological polar surface area (TPSA) is 53.3 Å². The van der Waals surface area contributed by atoms with Gasteiger partial charge in [0.15, 0.2) is 0 Å². The van der Waals surface area contributed by atoms with Crippen molar-refractivity contribution in [2.75, 3.05) is 13.1 Å². The van der Waals surface area contributed by atoms with Gasteiger partial charge in [-0.15, -0.1) is 0 Å². The molecule has 1 saturated heterocycles. The highest BCUT2D eigenvalue weighted by Gasteiger charge is 2.45. The van der Waals surface area contributed by atoms with E-state index in [0.29, 0.717) is 25.9 Å². The molecule has 0 aromatic heterocycles. The largest absolute Gasteiger partial charge is 0.438 e. The standard InChI is InChI=1S/C17H22N2O2/c1-4-19-11-10-17(21-15(19)20,12-16(2,3)13-18)14-8-6-5-7-9-14/h5-9H,4,10-12H2,1-3H3. The van der Waals surface area contributed by atoms with Crippen molar-refractivity contribution in [3.05, 3.63) is 35.9 Å². The fourth-order valence-corrected chi connectivity index (χ4v) is 2.90. The molecule has 1 aliphatic heterocycles. The van der Waals surface area contributed by atoms with Gasteiger partial charge >= 0.3 is 6.09 Å². The quantitative estimate of drug-likeness (QED) is 0.848. The average Bonchev–Trinajstić information content (AvgIpc) is 2.48. The Morgan fingerprint density at radius 2 is 2.05 bits per heavy atom. The average molecular weight is 286 g/mol. The van der Waals surface area contributed by atoms with Gasteiger partial charge in [-0.2, -0.15) is 5.26 Å². The molecule has 1 aromatic carbocycles. The lowest BCUT2D eigenvalue weighted by Crippen LogP contribution is -2.49. The van der Waals surface area contributed by atoms with E-state index < -0.39 is 11.0 Å². The number of nitrogens with zero attached hydrogens (tertiary/aromatic N) is 2. The van der Waals surface area contributed by atoms with Crippen LogP contribution in [0.25, 0.3) is 0 Å². The van der Waals surface area contributed by atoms with Crippen LogP contribution in [-0.4, -0.2) is 24.1 Å². The van der Waals surface area contributed by atoms with Crippen LogP contribution in [0.5, 0.6) is 0 Å². The molecule has 2 rings (SSSR count). The Morgan fingerprint density at radius 1 is 1.38 bits per heavy atom. The number of cyclic esters (lactones) is 1. The molecule has 112 valence electrons. The van der Waals surface area contributed by atoms with Crippen molar-refractivity contribution in [1.29, 1.82) is 5.26 Å². The van der Waals surface area contributed by atoms with Crippen LogP contribution >= 0.6 is 0 Å². The highest BCUT2D eigenvalue weighted by Crippen LogP contribution is 2.43. The van der Waals surface area contributed by atoms with Crippen LogP contribution in [0.4, 0.5) is 4.79 Å². The van der Waals surface area contributed by atoms with E-state index in [1.165, 1.54) is 0 Å². The maximum atomic E-state index is 12.2. The van der Waals surface area contributed by atoms with E-state index in [-0.39, 0.29) is 6.09 Å². The fourth-order valence-electron chi connectivity index (χ4n) is 2.90. The van der Waals surface area contributed by atoms with Gasteiger partial charge in [0.2, 0.25) is 0 Å². The molecule has 0 bridgehead atoms. The Kier molecular flexibility index (Phi) is 4.22. The second-order valence-corrected chi connectivity index (χ2v) is 6.23. The predicted molar refractivity (Wildman–Crippen MR) is 80.5 cm³/mol. The number of rotatable bonds is 4. The first-order chi connectivity index (χ1) is 9.92. The van der Waals surface area contributed by atoms with Crippen molar-refractivity contribution in [1.82, 2.24) is 4.90 Å². The number of hydrogen-bond donors (Lipinski definition) is 0. The summed E-state index contributed by atoms with van der Waals surface area (Å²) in [6.07, 6.45) is 0.923. The number of nitriles is 1. The first kappa shape index (κ1) is 15.4. The minimum Gasteiger partial charge on any atom is -0.438 e. The molecule has 1 fully saturated rings. The van der Waals surface area contributed by atoms with Crippen molar-refractivity contribution in [3.8, 4) is 6.07 Å². The Bertz CT molecular complexity index is 548. The lowest BCUT2D eigenvalue weighted by molar-refractivity contribution is -0.0694. The highest BCUT2D eigenvalue weighted by molar-refractivity contribution is 5.69. The number of ether oxygens (including phenoxy) is 1. The third-order valence-corrected chi connectivity index (χ3v) is 4.04. The second kappa shape index (κ2) is 5.77.